The van der Waals surface area contributed by atoms with Gasteiger partial charge in [0.1, 0.15) is 12.4 Å². The molecule has 0 unspecified atom stereocenters. The van der Waals surface area contributed by atoms with Crippen LogP contribution in [0.2, 0.25) is 0 Å². The van der Waals surface area contributed by atoms with Crippen molar-refractivity contribution in [2.75, 3.05) is 18.5 Å². The van der Waals surface area contributed by atoms with Crippen LogP contribution in [0.3, 0.4) is 0 Å². The number of pyridine rings is 1. The zero-order valence-electron chi connectivity index (χ0n) is 19.4. The topological polar surface area (TPSA) is 67.0 Å². The standard InChI is InChI=1S/C27H29N3O2S/c1-5-32-24(31)17-29-23-15-21-22(16-28-23)30-25(26(21)33-20-12-7-6-8-13-20)18-10-9-11-19(14-18)27(2,3)4/h6-16,30H,5,17H2,1-4H3,(H,28,29). The highest BCUT2D eigenvalue weighted by molar-refractivity contribution is 7.99. The minimum atomic E-state index is -0.299. The fraction of sp³-hybridized carbons (Fsp3) is 0.259. The molecule has 170 valence electrons. The van der Waals surface area contributed by atoms with Crippen LogP contribution in [0.25, 0.3) is 22.2 Å². The molecular formula is C27H29N3O2S. The number of carbonyl (C=O) groups is 1. The van der Waals surface area contributed by atoms with Crippen molar-refractivity contribution >= 4 is 34.5 Å². The first-order chi connectivity index (χ1) is 15.8. The molecule has 5 nitrogen and oxygen atoms in total. The number of benzene rings is 2. The quantitative estimate of drug-likeness (QED) is 0.303. The predicted molar refractivity (Wildman–Crippen MR) is 136 cm³/mol. The Bertz CT molecular complexity index is 1260. The second kappa shape index (κ2) is 9.71. The lowest BCUT2D eigenvalue weighted by molar-refractivity contribution is -0.140. The van der Waals surface area contributed by atoms with Crippen molar-refractivity contribution in [2.45, 2.75) is 42.9 Å². The molecule has 4 aromatic rings. The van der Waals surface area contributed by atoms with Crippen LogP contribution in [0.4, 0.5) is 5.82 Å². The minimum Gasteiger partial charge on any atom is -0.465 e. The molecule has 2 heterocycles. The summed E-state index contributed by atoms with van der Waals surface area (Å²) in [6.07, 6.45) is 1.81. The lowest BCUT2D eigenvalue weighted by Crippen LogP contribution is -2.17. The second-order valence-electron chi connectivity index (χ2n) is 8.85. The number of hydrogen-bond acceptors (Lipinski definition) is 5. The van der Waals surface area contributed by atoms with Crippen molar-refractivity contribution in [1.82, 2.24) is 9.97 Å². The Morgan fingerprint density at radius 3 is 2.61 bits per heavy atom. The third-order valence-electron chi connectivity index (χ3n) is 5.33. The Labute approximate surface area is 199 Å². The number of aromatic nitrogens is 2. The van der Waals surface area contributed by atoms with Crippen LogP contribution in [0, 0.1) is 0 Å². The van der Waals surface area contributed by atoms with Crippen molar-refractivity contribution in [3.8, 4) is 11.3 Å². The van der Waals surface area contributed by atoms with Crippen molar-refractivity contribution in [2.24, 2.45) is 0 Å². The van der Waals surface area contributed by atoms with Gasteiger partial charge in [-0.15, -0.1) is 0 Å². The number of carbonyl (C=O) groups excluding carboxylic acids is 1. The Hall–Kier alpha value is -3.25. The highest BCUT2D eigenvalue weighted by Crippen LogP contribution is 2.42. The molecule has 0 aliphatic carbocycles. The fourth-order valence-corrected chi connectivity index (χ4v) is 4.68. The maximum atomic E-state index is 11.8. The molecule has 2 aromatic heterocycles. The highest BCUT2D eigenvalue weighted by Gasteiger charge is 2.19. The van der Waals surface area contributed by atoms with Crippen molar-refractivity contribution in [1.29, 1.82) is 0 Å². The maximum absolute atomic E-state index is 11.8. The number of ether oxygens (including phenoxy) is 1. The third-order valence-corrected chi connectivity index (χ3v) is 6.47. The molecule has 0 bridgehead atoms. The molecular weight excluding hydrogens is 430 g/mol. The van der Waals surface area contributed by atoms with Gasteiger partial charge in [-0.2, -0.15) is 0 Å². The summed E-state index contributed by atoms with van der Waals surface area (Å²) in [4.78, 5) is 22.1. The average molecular weight is 460 g/mol. The summed E-state index contributed by atoms with van der Waals surface area (Å²) in [5.41, 5.74) is 4.49. The first-order valence-electron chi connectivity index (χ1n) is 11.1. The largest absolute Gasteiger partial charge is 0.465 e. The zero-order chi connectivity index (χ0) is 23.4. The van der Waals surface area contributed by atoms with Crippen molar-refractivity contribution in [3.05, 3.63) is 72.4 Å². The molecule has 0 atom stereocenters. The summed E-state index contributed by atoms with van der Waals surface area (Å²) in [6.45, 7) is 8.91. The SMILES string of the molecule is CCOC(=O)CNc1cc2c(Sc3ccccc3)c(-c3cccc(C(C)(C)C)c3)[nH]c2cn1. The Balaban J connectivity index is 1.79. The smallest absolute Gasteiger partial charge is 0.325 e. The van der Waals surface area contributed by atoms with Gasteiger partial charge in [-0.1, -0.05) is 68.9 Å². The van der Waals surface area contributed by atoms with E-state index in [9.17, 15) is 4.79 Å². The summed E-state index contributed by atoms with van der Waals surface area (Å²) >= 11 is 1.72. The molecule has 0 fully saturated rings. The number of hydrogen-bond donors (Lipinski definition) is 2. The van der Waals surface area contributed by atoms with Gasteiger partial charge < -0.3 is 15.0 Å². The molecule has 0 aliphatic rings. The monoisotopic (exact) mass is 459 g/mol. The normalized spacial score (nSPS) is 11.5. The average Bonchev–Trinajstić information content (AvgIpc) is 3.16. The van der Waals surface area contributed by atoms with E-state index < -0.39 is 0 Å². The van der Waals surface area contributed by atoms with E-state index >= 15 is 0 Å². The molecule has 0 saturated carbocycles. The van der Waals surface area contributed by atoms with Crippen molar-refractivity contribution < 1.29 is 9.53 Å². The van der Waals surface area contributed by atoms with Crippen LogP contribution in [-0.4, -0.2) is 29.1 Å². The van der Waals surface area contributed by atoms with E-state index in [0.29, 0.717) is 12.4 Å². The zero-order valence-corrected chi connectivity index (χ0v) is 20.3. The molecule has 0 spiro atoms. The molecule has 0 radical (unpaired) electrons. The maximum Gasteiger partial charge on any atom is 0.325 e. The summed E-state index contributed by atoms with van der Waals surface area (Å²) < 4.78 is 5.01. The van der Waals surface area contributed by atoms with Gasteiger partial charge in [0.25, 0.3) is 0 Å². The second-order valence-corrected chi connectivity index (χ2v) is 9.93. The van der Waals surface area contributed by atoms with E-state index in [1.54, 1.807) is 18.7 Å². The number of rotatable bonds is 7. The number of nitrogens with one attached hydrogen (secondary N) is 2. The molecule has 0 amide bonds. The summed E-state index contributed by atoms with van der Waals surface area (Å²) in [6, 6.07) is 21.0. The molecule has 0 aliphatic heterocycles. The van der Waals surface area contributed by atoms with Crippen LogP contribution in [0.1, 0.15) is 33.3 Å². The van der Waals surface area contributed by atoms with Gasteiger partial charge in [-0.05, 0) is 47.7 Å². The molecule has 4 rings (SSSR count). The van der Waals surface area contributed by atoms with Gasteiger partial charge in [-0.25, -0.2) is 4.98 Å². The van der Waals surface area contributed by atoms with E-state index in [4.69, 9.17) is 4.74 Å². The van der Waals surface area contributed by atoms with E-state index in [0.717, 1.165) is 32.0 Å². The minimum absolute atomic E-state index is 0.0561. The predicted octanol–water partition coefficient (Wildman–Crippen LogP) is 6.65. The van der Waals surface area contributed by atoms with Gasteiger partial charge in [0.2, 0.25) is 0 Å². The van der Waals surface area contributed by atoms with E-state index in [2.05, 4.69) is 72.5 Å². The van der Waals surface area contributed by atoms with Crippen LogP contribution in [0.15, 0.2) is 76.7 Å². The fourth-order valence-electron chi connectivity index (χ4n) is 3.60. The summed E-state index contributed by atoms with van der Waals surface area (Å²) in [5, 5.41) is 4.14. The Kier molecular flexibility index (Phi) is 6.75. The van der Waals surface area contributed by atoms with Crippen LogP contribution < -0.4 is 5.32 Å². The lowest BCUT2D eigenvalue weighted by atomic mass is 9.86. The van der Waals surface area contributed by atoms with Gasteiger partial charge in [-0.3, -0.25) is 4.79 Å². The van der Waals surface area contributed by atoms with Crippen molar-refractivity contribution in [3.63, 3.8) is 0 Å². The Morgan fingerprint density at radius 2 is 1.88 bits per heavy atom. The number of fused-ring (bicyclic) bond motifs is 1. The van der Waals surface area contributed by atoms with Gasteiger partial charge in [0.15, 0.2) is 0 Å². The first-order valence-corrected chi connectivity index (χ1v) is 11.9. The first kappa shape index (κ1) is 22.9. The lowest BCUT2D eigenvalue weighted by Gasteiger charge is -2.19. The molecule has 6 heteroatoms. The number of aromatic amines is 1. The Morgan fingerprint density at radius 1 is 1.09 bits per heavy atom. The molecule has 0 saturated heterocycles. The summed E-state index contributed by atoms with van der Waals surface area (Å²) in [7, 11) is 0. The highest BCUT2D eigenvalue weighted by atomic mass is 32.2. The number of esters is 1. The number of H-pyrrole nitrogens is 1. The van der Waals surface area contributed by atoms with Gasteiger partial charge in [0, 0.05) is 15.2 Å². The van der Waals surface area contributed by atoms with Crippen LogP contribution in [0.5, 0.6) is 0 Å². The third kappa shape index (κ3) is 5.40. The number of nitrogens with zero attached hydrogens (tertiary/aromatic N) is 1. The molecule has 2 aromatic carbocycles. The van der Waals surface area contributed by atoms with Gasteiger partial charge >= 0.3 is 5.97 Å². The van der Waals surface area contributed by atoms with Crippen LogP contribution >= 0.6 is 11.8 Å². The van der Waals surface area contributed by atoms with E-state index in [1.165, 1.54) is 5.56 Å². The van der Waals surface area contributed by atoms with Gasteiger partial charge in [0.05, 0.1) is 24.0 Å². The molecule has 2 N–H and O–H groups in total. The van der Waals surface area contributed by atoms with E-state index in [1.807, 2.05) is 30.5 Å². The number of anilines is 1. The van der Waals surface area contributed by atoms with E-state index in [-0.39, 0.29) is 17.9 Å². The summed E-state index contributed by atoms with van der Waals surface area (Å²) in [5.74, 6) is 0.339. The molecule has 33 heavy (non-hydrogen) atoms. The van der Waals surface area contributed by atoms with Crippen LogP contribution in [-0.2, 0) is 14.9 Å².